The molecule has 1 unspecified atom stereocenters. The fourth-order valence-electron chi connectivity index (χ4n) is 2.16. The largest absolute Gasteiger partial charge is 0.481 e. The minimum absolute atomic E-state index is 0.0110. The van der Waals surface area contributed by atoms with Gasteiger partial charge in [-0.25, -0.2) is 8.42 Å². The molecule has 2 N–H and O–H groups in total. The van der Waals surface area contributed by atoms with E-state index in [0.29, 0.717) is 6.42 Å². The predicted molar refractivity (Wildman–Crippen MR) is 87.1 cm³/mol. The van der Waals surface area contributed by atoms with Crippen LogP contribution in [-0.2, 0) is 14.6 Å². The van der Waals surface area contributed by atoms with Gasteiger partial charge in [-0.05, 0) is 30.5 Å². The zero-order valence-corrected chi connectivity index (χ0v) is 14.4. The molecule has 6 nitrogen and oxygen atoms in total. The smallest absolute Gasteiger partial charge is 0.308 e. The van der Waals surface area contributed by atoms with Gasteiger partial charge in [0.05, 0.1) is 16.6 Å². The van der Waals surface area contributed by atoms with Gasteiger partial charge in [-0.1, -0.05) is 26.8 Å². The summed E-state index contributed by atoms with van der Waals surface area (Å²) >= 11 is 0. The summed E-state index contributed by atoms with van der Waals surface area (Å²) in [5.74, 6) is -1.95. The Labute approximate surface area is 136 Å². The molecule has 23 heavy (non-hydrogen) atoms. The first-order chi connectivity index (χ1) is 10.7. The summed E-state index contributed by atoms with van der Waals surface area (Å²) in [7, 11) is -3.39. The Balaban J connectivity index is 2.82. The van der Waals surface area contributed by atoms with Gasteiger partial charge in [-0.15, -0.1) is 0 Å². The number of sulfone groups is 1. The van der Waals surface area contributed by atoms with E-state index in [4.69, 9.17) is 5.11 Å². The number of carbonyl (C=O) groups is 2. The summed E-state index contributed by atoms with van der Waals surface area (Å²) < 4.78 is 23.7. The Bertz CT molecular complexity index is 667. The van der Waals surface area contributed by atoms with E-state index < -0.39 is 27.6 Å². The van der Waals surface area contributed by atoms with Gasteiger partial charge in [0.15, 0.2) is 9.84 Å². The van der Waals surface area contributed by atoms with Crippen LogP contribution < -0.4 is 5.32 Å². The molecule has 1 atom stereocenters. The van der Waals surface area contributed by atoms with Gasteiger partial charge in [-0.2, -0.15) is 0 Å². The monoisotopic (exact) mass is 341 g/mol. The molecule has 1 aromatic carbocycles. The summed E-state index contributed by atoms with van der Waals surface area (Å²) in [4.78, 5) is 23.4. The van der Waals surface area contributed by atoms with E-state index in [0.717, 1.165) is 0 Å². The van der Waals surface area contributed by atoms with E-state index in [2.05, 4.69) is 5.32 Å². The standard InChI is InChI=1S/C16H23NO5S/c1-4-23(21,22)14-7-5-6-12(9-14)15(18)17-10-13(16(19)20)8-11(2)3/h5-7,9,11,13H,4,8,10H2,1-3H3,(H,17,18)(H,19,20). The molecule has 7 heteroatoms. The van der Waals surface area contributed by atoms with Crippen molar-refractivity contribution in [2.75, 3.05) is 12.3 Å². The van der Waals surface area contributed by atoms with Crippen LogP contribution in [0.1, 0.15) is 37.6 Å². The highest BCUT2D eigenvalue weighted by Crippen LogP contribution is 2.14. The number of rotatable bonds is 8. The van der Waals surface area contributed by atoms with Crippen molar-refractivity contribution >= 4 is 21.7 Å². The number of carboxylic acid groups (broad SMARTS) is 1. The Morgan fingerprint density at radius 3 is 2.43 bits per heavy atom. The minimum atomic E-state index is -3.39. The Kier molecular flexibility index (Phi) is 6.75. The molecule has 0 saturated carbocycles. The average molecular weight is 341 g/mol. The van der Waals surface area contributed by atoms with Gasteiger partial charge in [0.25, 0.3) is 5.91 Å². The third-order valence-electron chi connectivity index (χ3n) is 3.45. The van der Waals surface area contributed by atoms with Crippen LogP contribution in [0, 0.1) is 11.8 Å². The number of aliphatic carboxylic acids is 1. The van der Waals surface area contributed by atoms with Gasteiger partial charge in [0.2, 0.25) is 0 Å². The van der Waals surface area contributed by atoms with Gasteiger partial charge < -0.3 is 10.4 Å². The molecule has 0 aliphatic carbocycles. The molecular weight excluding hydrogens is 318 g/mol. The molecule has 1 rings (SSSR count). The van der Waals surface area contributed by atoms with Crippen LogP contribution in [0.3, 0.4) is 0 Å². The maximum atomic E-state index is 12.1. The molecule has 1 amide bonds. The second kappa shape index (κ2) is 8.10. The second-order valence-electron chi connectivity index (χ2n) is 5.81. The van der Waals surface area contributed by atoms with Gasteiger partial charge in [0.1, 0.15) is 0 Å². The summed E-state index contributed by atoms with van der Waals surface area (Å²) in [6.07, 6.45) is 0.458. The van der Waals surface area contributed by atoms with Crippen LogP contribution in [0.25, 0.3) is 0 Å². The molecule has 0 aromatic heterocycles. The van der Waals surface area contributed by atoms with Crippen molar-refractivity contribution in [1.29, 1.82) is 0 Å². The predicted octanol–water partition coefficient (Wildman–Crippen LogP) is 1.96. The molecule has 0 aliphatic rings. The van der Waals surface area contributed by atoms with Crippen molar-refractivity contribution < 1.29 is 23.1 Å². The lowest BCUT2D eigenvalue weighted by atomic mass is 9.97. The summed E-state index contributed by atoms with van der Waals surface area (Å²) in [6, 6.07) is 5.75. The molecule has 0 spiro atoms. The first-order valence-corrected chi connectivity index (χ1v) is 9.16. The van der Waals surface area contributed by atoms with Gasteiger partial charge in [0, 0.05) is 12.1 Å². The fourth-order valence-corrected chi connectivity index (χ4v) is 3.08. The number of nitrogens with one attached hydrogen (secondary N) is 1. The molecule has 0 fully saturated rings. The third kappa shape index (κ3) is 5.67. The zero-order valence-electron chi connectivity index (χ0n) is 13.6. The maximum absolute atomic E-state index is 12.1. The Hall–Kier alpha value is -1.89. The van der Waals surface area contributed by atoms with Crippen molar-refractivity contribution in [2.45, 2.75) is 32.1 Å². The molecule has 0 bridgehead atoms. The van der Waals surface area contributed by atoms with Crippen molar-refractivity contribution in [1.82, 2.24) is 5.32 Å². The summed E-state index contributed by atoms with van der Waals surface area (Å²) in [5, 5.41) is 11.7. The number of hydrogen-bond donors (Lipinski definition) is 2. The molecule has 0 heterocycles. The van der Waals surface area contributed by atoms with E-state index in [1.54, 1.807) is 0 Å². The number of carboxylic acids is 1. The first-order valence-electron chi connectivity index (χ1n) is 7.51. The molecule has 0 saturated heterocycles. The highest BCUT2D eigenvalue weighted by Gasteiger charge is 2.20. The highest BCUT2D eigenvalue weighted by atomic mass is 32.2. The van der Waals surface area contributed by atoms with E-state index in [9.17, 15) is 18.0 Å². The van der Waals surface area contributed by atoms with Crippen LogP contribution in [0.4, 0.5) is 0 Å². The van der Waals surface area contributed by atoms with Crippen molar-refractivity contribution in [2.24, 2.45) is 11.8 Å². The normalized spacial score (nSPS) is 12.9. The second-order valence-corrected chi connectivity index (χ2v) is 8.08. The number of benzene rings is 1. The summed E-state index contributed by atoms with van der Waals surface area (Å²) in [5.41, 5.74) is 0.202. The van der Waals surface area contributed by atoms with E-state index in [-0.39, 0.29) is 28.7 Å². The molecule has 1 aromatic rings. The lowest BCUT2D eigenvalue weighted by molar-refractivity contribution is -0.142. The van der Waals surface area contributed by atoms with Gasteiger partial charge in [-0.3, -0.25) is 9.59 Å². The number of carbonyl (C=O) groups excluding carboxylic acids is 1. The number of amides is 1. The molecule has 0 radical (unpaired) electrons. The summed E-state index contributed by atoms with van der Waals surface area (Å²) in [6.45, 7) is 5.37. The SMILES string of the molecule is CCS(=O)(=O)c1cccc(C(=O)NCC(CC(C)C)C(=O)O)c1. The first kappa shape index (κ1) is 19.2. The lowest BCUT2D eigenvalue weighted by Gasteiger charge is -2.15. The van der Waals surface area contributed by atoms with Crippen LogP contribution in [0.5, 0.6) is 0 Å². The quantitative estimate of drug-likeness (QED) is 0.753. The van der Waals surface area contributed by atoms with Crippen LogP contribution in [0.2, 0.25) is 0 Å². The van der Waals surface area contributed by atoms with E-state index in [1.165, 1.54) is 31.2 Å². The Morgan fingerprint density at radius 2 is 1.91 bits per heavy atom. The lowest BCUT2D eigenvalue weighted by Crippen LogP contribution is -2.33. The van der Waals surface area contributed by atoms with Crippen LogP contribution in [0.15, 0.2) is 29.2 Å². The van der Waals surface area contributed by atoms with Crippen LogP contribution >= 0.6 is 0 Å². The molecular formula is C16H23NO5S. The number of hydrogen-bond acceptors (Lipinski definition) is 4. The van der Waals surface area contributed by atoms with Crippen molar-refractivity contribution in [3.05, 3.63) is 29.8 Å². The topological polar surface area (TPSA) is 101 Å². The fraction of sp³-hybridized carbons (Fsp3) is 0.500. The minimum Gasteiger partial charge on any atom is -0.481 e. The third-order valence-corrected chi connectivity index (χ3v) is 5.18. The van der Waals surface area contributed by atoms with Crippen LogP contribution in [-0.4, -0.2) is 37.7 Å². The maximum Gasteiger partial charge on any atom is 0.308 e. The zero-order chi connectivity index (χ0) is 17.6. The molecule has 128 valence electrons. The van der Waals surface area contributed by atoms with Crippen molar-refractivity contribution in [3.8, 4) is 0 Å². The molecule has 0 aliphatic heterocycles. The average Bonchev–Trinajstić information content (AvgIpc) is 2.50. The van der Waals surface area contributed by atoms with E-state index in [1.807, 2.05) is 13.8 Å². The van der Waals surface area contributed by atoms with Crippen molar-refractivity contribution in [3.63, 3.8) is 0 Å². The van der Waals surface area contributed by atoms with Gasteiger partial charge >= 0.3 is 5.97 Å². The van der Waals surface area contributed by atoms with E-state index >= 15 is 0 Å². The highest BCUT2D eigenvalue weighted by molar-refractivity contribution is 7.91. The Morgan fingerprint density at radius 1 is 1.26 bits per heavy atom.